The molecule has 0 saturated heterocycles. The van der Waals surface area contributed by atoms with Crippen molar-refractivity contribution in [3.05, 3.63) is 202 Å². The van der Waals surface area contributed by atoms with Crippen LogP contribution >= 0.6 is 11.6 Å². The number of rotatable bonds is 9. The second-order valence-electron chi connectivity index (χ2n) is 17.3. The number of carbonyl (C=O) groups excluding carboxylic acids is 3. The number of anilines is 3. The Hall–Kier alpha value is -6.39. The molecule has 0 aliphatic carbocycles. The van der Waals surface area contributed by atoms with Crippen molar-refractivity contribution in [3.8, 4) is 28.7 Å². The molecule has 36 heteroatoms. The number of nitrogen functional groups attached to an aromatic ring is 2. The topological polar surface area (TPSA) is 222 Å². The third-order valence-corrected chi connectivity index (χ3v) is 10.9. The Labute approximate surface area is 594 Å². The zero-order chi connectivity index (χ0) is 67.6. The number of nitrogens with zero attached hydrogens (tertiary/aromatic N) is 4. The van der Waals surface area contributed by atoms with Gasteiger partial charge >= 0.3 is 134 Å². The molecule has 482 valence electrons. The first-order valence-electron chi connectivity index (χ1n) is 23.9. The van der Waals surface area contributed by atoms with E-state index in [0.717, 1.165) is 35.1 Å². The number of nitrogens with two attached hydrogens (primary N) is 2. The summed E-state index contributed by atoms with van der Waals surface area (Å²) in [7, 11) is 3.05. The number of hydrogen-bond donors (Lipinski definition) is 4. The molecule has 6 aromatic carbocycles. The summed E-state index contributed by atoms with van der Waals surface area (Å²) in [5, 5.41) is 26.4. The summed E-state index contributed by atoms with van der Waals surface area (Å²) in [6, 6.07) is 21.8. The number of hydrogen-bond acceptors (Lipinski definition) is 12. The second kappa shape index (κ2) is 36.2. The van der Waals surface area contributed by atoms with E-state index in [1.165, 1.54) is 50.4 Å². The van der Waals surface area contributed by atoms with Gasteiger partial charge in [-0.15, -0.1) is 0 Å². The Morgan fingerprint density at radius 1 is 0.604 bits per heavy atom. The molecule has 8 rings (SSSR count). The van der Waals surface area contributed by atoms with Crippen molar-refractivity contribution in [2.75, 3.05) is 16.8 Å². The number of ether oxygens (including phenoxy) is 2. The van der Waals surface area contributed by atoms with E-state index in [0.29, 0.717) is 41.2 Å². The molecule has 0 bridgehead atoms. The molecular formula is C55H44ClF18K2N7O8. The van der Waals surface area contributed by atoms with Gasteiger partial charge in [0.1, 0.15) is 34.5 Å². The van der Waals surface area contributed by atoms with Gasteiger partial charge in [-0.2, -0.15) is 76.1 Å². The van der Waals surface area contributed by atoms with Gasteiger partial charge in [0.05, 0.1) is 61.7 Å². The van der Waals surface area contributed by atoms with Gasteiger partial charge < -0.3 is 42.9 Å². The number of amides is 1. The molecule has 0 aliphatic heterocycles. The number of phenols is 1. The molecule has 1 amide bonds. The van der Waals surface area contributed by atoms with E-state index < -0.39 is 105 Å². The predicted octanol–water partition coefficient (Wildman–Crippen LogP) is 9.33. The molecule has 0 saturated carbocycles. The number of alkyl halides is 17. The molecule has 0 unspecified atom stereocenters. The molecule has 2 heterocycles. The quantitative estimate of drug-likeness (QED) is 0.0155. The van der Waals surface area contributed by atoms with Gasteiger partial charge in [-0.1, -0.05) is 36.4 Å². The number of nitrogens with one attached hydrogen (secondary N) is 1. The van der Waals surface area contributed by atoms with Crippen molar-refractivity contribution >= 4 is 46.3 Å². The van der Waals surface area contributed by atoms with E-state index in [2.05, 4.69) is 20.4 Å². The SMILES string of the molecule is Cc1cc(C(F)(F)F)ccc1F.Cc1nn(C)cc1C(=O)Cl.Cn1cc(C(=O)Nc2ccccc2Oc2ccc(C(F)(F)F)cc2C(F)(F)F)c(C(F)F)n1.Nc1ccccc1O.Nc1ccccc1Oc1ccc(C(F)(F)F)cc1C(F)(F)F.O=CO[O-].[H-].[K+].[K+]. The van der Waals surface area contributed by atoms with Crippen LogP contribution < -0.4 is 134 Å². The largest absolute Gasteiger partial charge is 1.00 e. The summed E-state index contributed by atoms with van der Waals surface area (Å²) in [6.07, 6.45) is -24.9. The Kier molecular flexibility index (Phi) is 32.8. The van der Waals surface area contributed by atoms with Crippen LogP contribution in [0.3, 0.4) is 0 Å². The Morgan fingerprint density at radius 3 is 1.38 bits per heavy atom. The van der Waals surface area contributed by atoms with Crippen LogP contribution in [0.2, 0.25) is 0 Å². The first-order chi connectivity index (χ1) is 41.1. The third kappa shape index (κ3) is 26.6. The fourth-order valence-corrected chi connectivity index (χ4v) is 6.82. The predicted molar refractivity (Wildman–Crippen MR) is 282 cm³/mol. The fourth-order valence-electron chi connectivity index (χ4n) is 6.64. The van der Waals surface area contributed by atoms with E-state index in [1.54, 1.807) is 55.2 Å². The van der Waals surface area contributed by atoms with Crippen LogP contribution in [0, 0.1) is 19.7 Å². The summed E-state index contributed by atoms with van der Waals surface area (Å²) < 4.78 is 243. The number of benzene rings is 6. The number of aromatic nitrogens is 4. The summed E-state index contributed by atoms with van der Waals surface area (Å²) in [5.74, 6) is -3.66. The minimum Gasteiger partial charge on any atom is -1.00 e. The maximum absolute atomic E-state index is 13.4. The van der Waals surface area contributed by atoms with Crippen molar-refractivity contribution in [2.45, 2.75) is 51.2 Å². The molecule has 0 atom stereocenters. The molecule has 15 nitrogen and oxygen atoms in total. The number of carbonyl (C=O) groups is 3. The summed E-state index contributed by atoms with van der Waals surface area (Å²) in [6.45, 7) is 2.86. The van der Waals surface area contributed by atoms with Crippen LogP contribution in [-0.4, -0.2) is 42.3 Å². The number of phenolic OH excluding ortho intramolecular Hbond substituents is 1. The molecule has 91 heavy (non-hydrogen) atoms. The Balaban J connectivity index is 0.00000120. The smallest absolute Gasteiger partial charge is 1.00 e. The number of aromatic hydroxyl groups is 1. The molecule has 0 aliphatic rings. The average Bonchev–Trinajstić information content (AvgIpc) is 1.05. The van der Waals surface area contributed by atoms with Gasteiger partial charge in [-0.05, 0) is 122 Å². The van der Waals surface area contributed by atoms with E-state index in [1.807, 2.05) is 0 Å². The van der Waals surface area contributed by atoms with Crippen LogP contribution in [-0.2, 0) is 54.7 Å². The van der Waals surface area contributed by atoms with Crippen molar-refractivity contribution in [1.29, 1.82) is 0 Å². The van der Waals surface area contributed by atoms with Gasteiger partial charge in [-0.3, -0.25) is 23.7 Å². The Bertz CT molecular complexity index is 3660. The zero-order valence-electron chi connectivity index (χ0n) is 48.4. The first-order valence-corrected chi connectivity index (χ1v) is 24.3. The molecule has 2 aromatic heterocycles. The maximum atomic E-state index is 13.4. The Morgan fingerprint density at radius 2 is 1.01 bits per heavy atom. The molecule has 8 aromatic rings. The van der Waals surface area contributed by atoms with E-state index in [-0.39, 0.29) is 157 Å². The minimum atomic E-state index is -5.18. The van der Waals surface area contributed by atoms with E-state index >= 15 is 0 Å². The van der Waals surface area contributed by atoms with Crippen molar-refractivity contribution in [2.24, 2.45) is 14.1 Å². The summed E-state index contributed by atoms with van der Waals surface area (Å²) in [5.41, 5.74) is 3.98. The van der Waals surface area contributed by atoms with Crippen LogP contribution in [0.25, 0.3) is 0 Å². The van der Waals surface area contributed by atoms with E-state index in [4.69, 9.17) is 47.7 Å². The summed E-state index contributed by atoms with van der Waals surface area (Å²) >= 11 is 5.23. The van der Waals surface area contributed by atoms with Crippen LogP contribution in [0.4, 0.5) is 96.1 Å². The van der Waals surface area contributed by atoms with Gasteiger partial charge in [0, 0.05) is 26.5 Å². The number of aryl methyl sites for hydroxylation is 4. The van der Waals surface area contributed by atoms with Gasteiger partial charge in [0.25, 0.3) is 24.0 Å². The zero-order valence-corrected chi connectivity index (χ0v) is 54.4. The van der Waals surface area contributed by atoms with Crippen molar-refractivity contribution in [1.82, 2.24) is 19.6 Å². The monoisotopic (exact) mass is 1390 g/mol. The minimum absolute atomic E-state index is 0. The van der Waals surface area contributed by atoms with Gasteiger partial charge in [0.2, 0.25) is 0 Å². The van der Waals surface area contributed by atoms with Gasteiger partial charge in [-0.25, -0.2) is 13.2 Å². The third-order valence-electron chi connectivity index (χ3n) is 10.7. The first kappa shape index (κ1) is 82.6. The van der Waals surface area contributed by atoms with Crippen molar-refractivity contribution in [3.63, 3.8) is 0 Å². The molecule has 0 fully saturated rings. The van der Waals surface area contributed by atoms with Crippen LogP contribution in [0.5, 0.6) is 28.7 Å². The number of halogens is 19. The summed E-state index contributed by atoms with van der Waals surface area (Å²) in [4.78, 5) is 34.3. The second-order valence-corrected chi connectivity index (χ2v) is 17.6. The standard InChI is InChI=1S/C20H13F8N3O2.C14H9F6NO.C8H6F4.C6H7ClN2O.C6H7NO.CH2O3.2K.H/c1-31-9-11(16(30-31)17(21)22)18(32)29-13-4-2-3-5-15(13)33-14-7-6-10(19(23,24)25)8-12(14)20(26,27)28;15-13(16,17)8-5-6-11(9(7-8)14(18,19)20)22-12-4-2-1-3-10(12)21;1-5-4-6(8(10,11)12)2-3-7(5)9;1-4-5(6(7)10)3-9(2)8-4;7-5-3-1-2-4-6(5)8;2-1-4-3;;;/h2-9,17H,1H3,(H,29,32);1-7H,21H2;2-4H,1H3;3H,1-2H3;1-4,8H,7H2;1,3H;;;/q;;;;;;2*+1;-1/p-1. The van der Waals surface area contributed by atoms with Crippen molar-refractivity contribution < 1.29 is 222 Å². The number of para-hydroxylation sites is 6. The fraction of sp³-hybridized carbons (Fsp3) is 0.182. The van der Waals surface area contributed by atoms with Crippen LogP contribution in [0.1, 0.15) is 73.3 Å². The average molecular weight is 1390 g/mol. The van der Waals surface area contributed by atoms with Gasteiger partial charge in [0.15, 0.2) is 5.75 Å². The molecule has 0 spiro atoms. The molecule has 6 N–H and O–H groups in total. The van der Waals surface area contributed by atoms with E-state index in [9.17, 15) is 88.6 Å². The maximum Gasteiger partial charge on any atom is 1.00 e. The molecular weight excluding hydrogens is 1340 g/mol. The van der Waals surface area contributed by atoms with Crippen LogP contribution in [0.15, 0.2) is 140 Å². The molecule has 0 radical (unpaired) electrons. The normalized spacial score (nSPS) is 11.0.